The van der Waals surface area contributed by atoms with Gasteiger partial charge in [-0.25, -0.2) is 4.31 Å². The lowest BCUT2D eigenvalue weighted by molar-refractivity contribution is 0.642. The topological polar surface area (TPSA) is 3.01 Å². The number of nitrogens with zero attached hydrogens (tertiary/aromatic N) is 1. The van der Waals surface area contributed by atoms with Crippen molar-refractivity contribution in [1.82, 2.24) is 4.31 Å². The van der Waals surface area contributed by atoms with Crippen LogP contribution in [0.4, 0.5) is 0 Å². The Morgan fingerprint density at radius 2 is 1.25 bits per heavy atom. The van der Waals surface area contributed by atoms with Crippen LogP contribution in [0.3, 0.4) is 0 Å². The molecule has 1 saturated heterocycles. The molecule has 0 aromatic heterocycles. The van der Waals surface area contributed by atoms with Gasteiger partial charge < -0.3 is 0 Å². The molecule has 72 valence electrons. The van der Waals surface area contributed by atoms with Crippen LogP contribution in [0.1, 0.15) is 48.5 Å². The van der Waals surface area contributed by atoms with Crippen LogP contribution in [0, 0.1) is 0 Å². The highest BCUT2D eigenvalue weighted by Gasteiger charge is 2.64. The van der Waals surface area contributed by atoms with Gasteiger partial charge in [-0.3, -0.25) is 0 Å². The fourth-order valence-electron chi connectivity index (χ4n) is 1.38. The summed E-state index contributed by atoms with van der Waals surface area (Å²) in [7, 11) is 0. The maximum Gasteiger partial charge on any atom is 0.0451 e. The second-order valence-electron chi connectivity index (χ2n) is 5.62. The standard InChI is InChI=1S/C10H21NS/c1-8(2,3)12-11-9(4,5)10(11,6)7/h1-7H3. The summed E-state index contributed by atoms with van der Waals surface area (Å²) >= 11 is 1.97. The number of hydrogen-bond acceptors (Lipinski definition) is 2. The Morgan fingerprint density at radius 1 is 0.917 bits per heavy atom. The largest absolute Gasteiger partial charge is 0.235 e. The first-order valence-corrected chi connectivity index (χ1v) is 5.36. The van der Waals surface area contributed by atoms with Gasteiger partial charge in [0.1, 0.15) is 0 Å². The molecule has 1 aliphatic rings. The van der Waals surface area contributed by atoms with Crippen LogP contribution in [-0.4, -0.2) is 20.1 Å². The molecule has 0 amide bonds. The average Bonchev–Trinajstić information content (AvgIpc) is 2.09. The Labute approximate surface area is 81.0 Å². The van der Waals surface area contributed by atoms with E-state index in [1.54, 1.807) is 0 Å². The molecule has 1 nitrogen and oxygen atoms in total. The SMILES string of the molecule is CC(C)(C)SN1C(C)(C)C1(C)C. The van der Waals surface area contributed by atoms with E-state index in [0.29, 0.717) is 15.8 Å². The minimum absolute atomic E-state index is 0.338. The molecular weight excluding hydrogens is 166 g/mol. The summed E-state index contributed by atoms with van der Waals surface area (Å²) in [6.07, 6.45) is 0. The van der Waals surface area contributed by atoms with Gasteiger partial charge in [0.05, 0.1) is 0 Å². The van der Waals surface area contributed by atoms with E-state index < -0.39 is 0 Å². The molecule has 0 atom stereocenters. The lowest BCUT2D eigenvalue weighted by Gasteiger charge is -2.20. The van der Waals surface area contributed by atoms with Gasteiger partial charge in [0.15, 0.2) is 0 Å². The smallest absolute Gasteiger partial charge is 0.0451 e. The number of hydrogen-bond donors (Lipinski definition) is 0. The molecule has 0 spiro atoms. The molecule has 0 N–H and O–H groups in total. The van der Waals surface area contributed by atoms with Crippen molar-refractivity contribution in [2.45, 2.75) is 64.3 Å². The predicted octanol–water partition coefficient (Wildman–Crippen LogP) is 3.31. The molecule has 2 heteroatoms. The van der Waals surface area contributed by atoms with E-state index in [4.69, 9.17) is 0 Å². The normalized spacial score (nSPS) is 27.2. The van der Waals surface area contributed by atoms with Crippen molar-refractivity contribution in [2.75, 3.05) is 0 Å². The van der Waals surface area contributed by atoms with E-state index in [1.165, 1.54) is 0 Å². The third-order valence-corrected chi connectivity index (χ3v) is 4.47. The van der Waals surface area contributed by atoms with Gasteiger partial charge in [-0.1, -0.05) is 11.9 Å². The molecule has 1 aliphatic heterocycles. The lowest BCUT2D eigenvalue weighted by Crippen LogP contribution is -2.14. The molecule has 0 aromatic rings. The average molecular weight is 187 g/mol. The van der Waals surface area contributed by atoms with E-state index in [-0.39, 0.29) is 0 Å². The van der Waals surface area contributed by atoms with Gasteiger partial charge in [0, 0.05) is 15.8 Å². The van der Waals surface area contributed by atoms with Gasteiger partial charge in [-0.2, -0.15) is 0 Å². The Bertz CT molecular complexity index is 175. The first-order valence-electron chi connectivity index (χ1n) is 4.58. The molecule has 0 aromatic carbocycles. The summed E-state index contributed by atoms with van der Waals surface area (Å²) in [6.45, 7) is 16.0. The number of rotatable bonds is 1. The highest BCUT2D eigenvalue weighted by atomic mass is 32.2. The van der Waals surface area contributed by atoms with Crippen LogP contribution in [0.2, 0.25) is 0 Å². The van der Waals surface area contributed by atoms with Crippen molar-refractivity contribution in [2.24, 2.45) is 0 Å². The summed E-state index contributed by atoms with van der Waals surface area (Å²) in [5.74, 6) is 0. The van der Waals surface area contributed by atoms with Crippen LogP contribution in [0.25, 0.3) is 0 Å². The molecule has 0 bridgehead atoms. The monoisotopic (exact) mass is 187 g/mol. The highest BCUT2D eigenvalue weighted by Crippen LogP contribution is 2.58. The highest BCUT2D eigenvalue weighted by molar-refractivity contribution is 7.98. The predicted molar refractivity (Wildman–Crippen MR) is 57.3 cm³/mol. The summed E-state index contributed by atoms with van der Waals surface area (Å²) in [4.78, 5) is 0. The summed E-state index contributed by atoms with van der Waals surface area (Å²) in [6, 6.07) is 0. The molecule has 0 unspecified atom stereocenters. The Morgan fingerprint density at radius 3 is 1.33 bits per heavy atom. The first-order chi connectivity index (χ1) is 5.09. The Kier molecular flexibility index (Phi) is 2.09. The zero-order chi connectivity index (χ0) is 9.78. The van der Waals surface area contributed by atoms with Gasteiger partial charge in [-0.05, 0) is 48.5 Å². The molecule has 0 radical (unpaired) electrons. The lowest BCUT2D eigenvalue weighted by atomic mass is 10.0. The third-order valence-electron chi connectivity index (χ3n) is 2.83. The molecule has 0 saturated carbocycles. The molecule has 1 heterocycles. The minimum atomic E-state index is 0.338. The fraction of sp³-hybridized carbons (Fsp3) is 1.00. The van der Waals surface area contributed by atoms with E-state index >= 15 is 0 Å². The second kappa shape index (κ2) is 2.42. The first kappa shape index (κ1) is 10.4. The van der Waals surface area contributed by atoms with Crippen molar-refractivity contribution in [3.8, 4) is 0 Å². The van der Waals surface area contributed by atoms with Gasteiger partial charge >= 0.3 is 0 Å². The van der Waals surface area contributed by atoms with Crippen LogP contribution in [0.5, 0.6) is 0 Å². The third kappa shape index (κ3) is 1.51. The summed E-state index contributed by atoms with van der Waals surface area (Å²) in [5.41, 5.74) is 0.732. The van der Waals surface area contributed by atoms with Crippen LogP contribution in [0.15, 0.2) is 0 Å². The van der Waals surface area contributed by atoms with Crippen LogP contribution >= 0.6 is 11.9 Å². The van der Waals surface area contributed by atoms with E-state index in [2.05, 4.69) is 52.8 Å². The van der Waals surface area contributed by atoms with Gasteiger partial charge in [0.25, 0.3) is 0 Å². The fourth-order valence-corrected chi connectivity index (χ4v) is 2.79. The van der Waals surface area contributed by atoms with Crippen molar-refractivity contribution in [1.29, 1.82) is 0 Å². The van der Waals surface area contributed by atoms with Crippen molar-refractivity contribution < 1.29 is 0 Å². The van der Waals surface area contributed by atoms with Crippen molar-refractivity contribution in [3.05, 3.63) is 0 Å². The van der Waals surface area contributed by atoms with E-state index in [1.807, 2.05) is 11.9 Å². The Balaban J connectivity index is 2.61. The molecule has 12 heavy (non-hydrogen) atoms. The molecule has 0 aliphatic carbocycles. The van der Waals surface area contributed by atoms with Crippen LogP contribution < -0.4 is 0 Å². The van der Waals surface area contributed by atoms with E-state index in [9.17, 15) is 0 Å². The van der Waals surface area contributed by atoms with Crippen molar-refractivity contribution >= 4 is 11.9 Å². The minimum Gasteiger partial charge on any atom is -0.235 e. The maximum atomic E-state index is 2.50. The molecule has 1 fully saturated rings. The van der Waals surface area contributed by atoms with Gasteiger partial charge in [0.2, 0.25) is 0 Å². The summed E-state index contributed by atoms with van der Waals surface area (Å²) < 4.78 is 2.84. The van der Waals surface area contributed by atoms with Crippen molar-refractivity contribution in [3.63, 3.8) is 0 Å². The quantitative estimate of drug-likeness (QED) is 0.457. The van der Waals surface area contributed by atoms with Gasteiger partial charge in [-0.15, -0.1) is 0 Å². The zero-order valence-electron chi connectivity index (χ0n) is 9.36. The van der Waals surface area contributed by atoms with Crippen LogP contribution in [-0.2, 0) is 0 Å². The molecular formula is C10H21NS. The summed E-state index contributed by atoms with van der Waals surface area (Å²) in [5, 5.41) is 0. The maximum absolute atomic E-state index is 2.50. The zero-order valence-corrected chi connectivity index (χ0v) is 10.2. The van der Waals surface area contributed by atoms with E-state index in [0.717, 1.165) is 0 Å². The second-order valence-corrected chi connectivity index (χ2v) is 7.39. The molecule has 1 rings (SSSR count). The Hall–Kier alpha value is 0.310.